The van der Waals surface area contributed by atoms with E-state index in [1.165, 1.54) is 4.90 Å². The molecular weight excluding hydrogens is 156 g/mol. The first-order valence-corrected chi connectivity index (χ1v) is 4.31. The Kier molecular flexibility index (Phi) is 1.65. The average Bonchev–Trinajstić information content (AvgIpc) is 2.81. The van der Waals surface area contributed by atoms with Crippen LogP contribution in [0.2, 0.25) is 0 Å². The smallest absolute Gasteiger partial charge is 0.246 e. The number of amides is 2. The Balaban J connectivity index is 2.14. The maximum atomic E-state index is 11.4. The van der Waals surface area contributed by atoms with Crippen LogP contribution in [0.5, 0.6) is 0 Å². The first-order chi connectivity index (χ1) is 5.70. The third-order valence-corrected chi connectivity index (χ3v) is 2.40. The van der Waals surface area contributed by atoms with Gasteiger partial charge in [-0.2, -0.15) is 0 Å². The number of nitrogens with zero attached hydrogens (tertiary/aromatic N) is 1. The lowest BCUT2D eigenvalue weighted by atomic mass is 10.1. The van der Waals surface area contributed by atoms with Gasteiger partial charge in [0.2, 0.25) is 11.8 Å². The van der Waals surface area contributed by atoms with Gasteiger partial charge in [0, 0.05) is 12.5 Å². The highest BCUT2D eigenvalue weighted by Gasteiger charge is 2.41. The van der Waals surface area contributed by atoms with Gasteiger partial charge in [0.25, 0.3) is 0 Å². The molecule has 0 aromatic heterocycles. The van der Waals surface area contributed by atoms with Crippen molar-refractivity contribution in [2.24, 2.45) is 5.73 Å². The minimum absolute atomic E-state index is 0.0378. The Morgan fingerprint density at radius 3 is 2.50 bits per heavy atom. The van der Waals surface area contributed by atoms with Crippen LogP contribution in [0.1, 0.15) is 25.7 Å². The van der Waals surface area contributed by atoms with Crippen LogP contribution in [0.3, 0.4) is 0 Å². The predicted octanol–water partition coefficient (Wildman–Crippen LogP) is -0.375. The molecule has 4 heteroatoms. The third kappa shape index (κ3) is 1.12. The van der Waals surface area contributed by atoms with Gasteiger partial charge in [0.15, 0.2) is 0 Å². The molecule has 2 rings (SSSR count). The van der Waals surface area contributed by atoms with Crippen molar-refractivity contribution in [2.75, 3.05) is 0 Å². The first kappa shape index (κ1) is 7.73. The van der Waals surface area contributed by atoms with Crippen molar-refractivity contribution in [2.45, 2.75) is 37.8 Å². The third-order valence-electron chi connectivity index (χ3n) is 2.40. The molecule has 1 atom stereocenters. The number of piperidine rings is 1. The summed E-state index contributed by atoms with van der Waals surface area (Å²) in [6.45, 7) is 0. The lowest BCUT2D eigenvalue weighted by molar-refractivity contribution is -0.149. The Bertz CT molecular complexity index is 235. The number of hydrogen-bond acceptors (Lipinski definition) is 3. The van der Waals surface area contributed by atoms with E-state index in [4.69, 9.17) is 5.73 Å². The van der Waals surface area contributed by atoms with E-state index in [1.807, 2.05) is 0 Å². The molecule has 0 unspecified atom stereocenters. The normalized spacial score (nSPS) is 31.1. The summed E-state index contributed by atoms with van der Waals surface area (Å²) in [5.41, 5.74) is 5.55. The zero-order chi connectivity index (χ0) is 8.72. The Morgan fingerprint density at radius 2 is 1.92 bits per heavy atom. The molecule has 1 heterocycles. The molecule has 0 aromatic carbocycles. The Morgan fingerprint density at radius 1 is 1.25 bits per heavy atom. The van der Waals surface area contributed by atoms with Gasteiger partial charge < -0.3 is 5.73 Å². The minimum atomic E-state index is -0.441. The minimum Gasteiger partial charge on any atom is -0.320 e. The summed E-state index contributed by atoms with van der Waals surface area (Å²) in [5.74, 6) is -0.210. The number of rotatable bonds is 1. The predicted molar refractivity (Wildman–Crippen MR) is 42.1 cm³/mol. The zero-order valence-electron chi connectivity index (χ0n) is 6.82. The number of carbonyl (C=O) groups excluding carboxylic acids is 2. The summed E-state index contributed by atoms with van der Waals surface area (Å²) >= 11 is 0. The first-order valence-electron chi connectivity index (χ1n) is 4.31. The van der Waals surface area contributed by atoms with Crippen molar-refractivity contribution in [1.82, 2.24) is 4.90 Å². The lowest BCUT2D eigenvalue weighted by Crippen LogP contribution is -2.52. The molecule has 12 heavy (non-hydrogen) atoms. The van der Waals surface area contributed by atoms with E-state index in [2.05, 4.69) is 0 Å². The highest BCUT2D eigenvalue weighted by Crippen LogP contribution is 2.30. The van der Waals surface area contributed by atoms with E-state index in [9.17, 15) is 9.59 Å². The van der Waals surface area contributed by atoms with Crippen molar-refractivity contribution >= 4 is 11.8 Å². The molecule has 2 fully saturated rings. The Hall–Kier alpha value is -0.900. The monoisotopic (exact) mass is 168 g/mol. The SMILES string of the molecule is N[C@H]1CCC(=O)N(C2CC2)C1=O. The molecule has 1 aliphatic heterocycles. The molecular formula is C8H12N2O2. The molecule has 1 saturated carbocycles. The highest BCUT2D eigenvalue weighted by atomic mass is 16.2. The summed E-state index contributed by atoms with van der Waals surface area (Å²) in [4.78, 5) is 24.0. The number of nitrogens with two attached hydrogens (primary N) is 1. The van der Waals surface area contributed by atoms with Crippen LogP contribution in [0.15, 0.2) is 0 Å². The van der Waals surface area contributed by atoms with Crippen LogP contribution in [0, 0.1) is 0 Å². The molecule has 2 N–H and O–H groups in total. The maximum absolute atomic E-state index is 11.4. The maximum Gasteiger partial charge on any atom is 0.246 e. The zero-order valence-corrected chi connectivity index (χ0v) is 6.82. The van der Waals surface area contributed by atoms with Crippen molar-refractivity contribution in [3.8, 4) is 0 Å². The van der Waals surface area contributed by atoms with E-state index in [0.29, 0.717) is 12.8 Å². The summed E-state index contributed by atoms with van der Waals surface area (Å²) < 4.78 is 0. The number of hydrogen-bond donors (Lipinski definition) is 1. The van der Waals surface area contributed by atoms with Gasteiger partial charge in [-0.25, -0.2) is 0 Å². The molecule has 1 aliphatic carbocycles. The number of likely N-dealkylation sites (tertiary alicyclic amines) is 1. The van der Waals surface area contributed by atoms with Gasteiger partial charge in [-0.15, -0.1) is 0 Å². The summed E-state index contributed by atoms with van der Waals surface area (Å²) in [6, 6.07) is -0.264. The molecule has 4 nitrogen and oxygen atoms in total. The topological polar surface area (TPSA) is 63.4 Å². The van der Waals surface area contributed by atoms with E-state index < -0.39 is 6.04 Å². The summed E-state index contributed by atoms with van der Waals surface area (Å²) in [5, 5.41) is 0. The molecule has 0 spiro atoms. The average molecular weight is 168 g/mol. The van der Waals surface area contributed by atoms with Crippen molar-refractivity contribution in [3.63, 3.8) is 0 Å². The van der Waals surface area contributed by atoms with Crippen LogP contribution >= 0.6 is 0 Å². The molecule has 1 saturated heterocycles. The van der Waals surface area contributed by atoms with Crippen LogP contribution in [0.4, 0.5) is 0 Å². The van der Waals surface area contributed by atoms with E-state index >= 15 is 0 Å². The van der Waals surface area contributed by atoms with Crippen LogP contribution in [-0.2, 0) is 9.59 Å². The fourth-order valence-electron chi connectivity index (χ4n) is 1.54. The standard InChI is InChI=1S/C8H12N2O2/c9-6-3-4-7(11)10(8(6)12)5-1-2-5/h5-6H,1-4,9H2/t6-/m0/s1. The largest absolute Gasteiger partial charge is 0.320 e. The summed E-state index contributed by atoms with van der Waals surface area (Å²) in [6.07, 6.45) is 2.87. The second kappa shape index (κ2) is 2.55. The molecule has 0 radical (unpaired) electrons. The lowest BCUT2D eigenvalue weighted by Gasteiger charge is -2.28. The van der Waals surface area contributed by atoms with Crippen LogP contribution < -0.4 is 5.73 Å². The molecule has 0 aromatic rings. The van der Waals surface area contributed by atoms with Crippen LogP contribution in [0.25, 0.3) is 0 Å². The van der Waals surface area contributed by atoms with E-state index in [-0.39, 0.29) is 17.9 Å². The van der Waals surface area contributed by atoms with Gasteiger partial charge in [-0.05, 0) is 19.3 Å². The van der Waals surface area contributed by atoms with Crippen molar-refractivity contribution in [3.05, 3.63) is 0 Å². The quantitative estimate of drug-likeness (QED) is 0.543. The molecule has 2 aliphatic rings. The van der Waals surface area contributed by atoms with Crippen molar-refractivity contribution in [1.29, 1.82) is 0 Å². The Labute approximate surface area is 70.7 Å². The second-order valence-electron chi connectivity index (χ2n) is 3.48. The highest BCUT2D eigenvalue weighted by molar-refractivity contribution is 6.00. The molecule has 0 bridgehead atoms. The fraction of sp³-hybridized carbons (Fsp3) is 0.750. The van der Waals surface area contributed by atoms with Crippen molar-refractivity contribution < 1.29 is 9.59 Å². The van der Waals surface area contributed by atoms with Crippen LogP contribution in [-0.4, -0.2) is 28.8 Å². The summed E-state index contributed by atoms with van der Waals surface area (Å²) in [7, 11) is 0. The number of imide groups is 1. The van der Waals surface area contributed by atoms with Gasteiger partial charge in [0.05, 0.1) is 6.04 Å². The van der Waals surface area contributed by atoms with E-state index in [1.54, 1.807) is 0 Å². The van der Waals surface area contributed by atoms with Gasteiger partial charge in [-0.3, -0.25) is 14.5 Å². The van der Waals surface area contributed by atoms with Gasteiger partial charge in [-0.1, -0.05) is 0 Å². The van der Waals surface area contributed by atoms with E-state index in [0.717, 1.165) is 12.8 Å². The van der Waals surface area contributed by atoms with Gasteiger partial charge in [0.1, 0.15) is 0 Å². The number of carbonyl (C=O) groups is 2. The molecule has 2 amide bonds. The molecule has 66 valence electrons. The van der Waals surface area contributed by atoms with Gasteiger partial charge >= 0.3 is 0 Å². The fourth-order valence-corrected chi connectivity index (χ4v) is 1.54. The second-order valence-corrected chi connectivity index (χ2v) is 3.48.